The van der Waals surface area contributed by atoms with Gasteiger partial charge in [0.25, 0.3) is 0 Å². The van der Waals surface area contributed by atoms with Crippen molar-refractivity contribution in [3.05, 3.63) is 77.0 Å². The predicted octanol–water partition coefficient (Wildman–Crippen LogP) is 4.76. The molecule has 2 atom stereocenters. The van der Waals surface area contributed by atoms with Gasteiger partial charge in [-0.1, -0.05) is 60.1 Å². The Hall–Kier alpha value is -2.98. The van der Waals surface area contributed by atoms with Gasteiger partial charge in [0.05, 0.1) is 0 Å². The van der Waals surface area contributed by atoms with Crippen LogP contribution in [0.1, 0.15) is 5.56 Å². The second kappa shape index (κ2) is 7.33. The van der Waals surface area contributed by atoms with Crippen LogP contribution in [-0.4, -0.2) is 24.4 Å². The zero-order chi connectivity index (χ0) is 18.8. The maximum Gasteiger partial charge on any atom is 0.152 e. The highest BCUT2D eigenvalue weighted by Crippen LogP contribution is 2.33. The molecule has 2 heterocycles. The number of rotatable bonds is 3. The molecular formula is C22H18ClN3O. The van der Waals surface area contributed by atoms with Gasteiger partial charge < -0.3 is 5.32 Å². The van der Waals surface area contributed by atoms with Gasteiger partial charge in [-0.2, -0.15) is 0 Å². The number of hydrogen-bond acceptors (Lipinski definition) is 4. The van der Waals surface area contributed by atoms with Crippen molar-refractivity contribution in [2.24, 2.45) is 15.9 Å². The molecule has 1 N–H and O–H groups in total. The minimum absolute atomic E-state index is 0.172. The van der Waals surface area contributed by atoms with E-state index in [1.807, 2.05) is 36.4 Å². The van der Waals surface area contributed by atoms with E-state index >= 15 is 0 Å². The summed E-state index contributed by atoms with van der Waals surface area (Å²) in [4.78, 5) is 20.1. The van der Waals surface area contributed by atoms with Crippen LogP contribution in [0.5, 0.6) is 0 Å². The van der Waals surface area contributed by atoms with Crippen molar-refractivity contribution < 1.29 is 4.79 Å². The highest BCUT2D eigenvalue weighted by molar-refractivity contribution is 6.34. The summed E-state index contributed by atoms with van der Waals surface area (Å²) >= 11 is 6.38. The van der Waals surface area contributed by atoms with Crippen LogP contribution in [0.4, 0.5) is 5.69 Å². The summed E-state index contributed by atoms with van der Waals surface area (Å²) in [6, 6.07) is 16.2. The number of anilines is 1. The lowest BCUT2D eigenvalue weighted by Crippen LogP contribution is -2.37. The Labute approximate surface area is 163 Å². The third-order valence-electron chi connectivity index (χ3n) is 4.88. The summed E-state index contributed by atoms with van der Waals surface area (Å²) in [6.07, 6.45) is 5.86. The Bertz CT molecular complexity index is 1010. The van der Waals surface area contributed by atoms with Crippen molar-refractivity contribution in [1.82, 2.24) is 0 Å². The molecule has 0 fully saturated rings. The maximum absolute atomic E-state index is 11.1. The Kier molecular flexibility index (Phi) is 4.73. The number of allylic oxidation sites excluding steroid dienone is 1. The summed E-state index contributed by atoms with van der Waals surface area (Å²) in [7, 11) is 0. The van der Waals surface area contributed by atoms with Crippen LogP contribution in [0, 0.1) is 12.8 Å². The molecule has 0 saturated heterocycles. The number of nitrogens with zero attached hydrogens (tertiary/aromatic N) is 2. The Balaban J connectivity index is 1.65. The molecule has 2 aliphatic heterocycles. The number of fused-ring (bicyclic) bond motifs is 1. The van der Waals surface area contributed by atoms with E-state index in [1.54, 1.807) is 6.20 Å². The van der Waals surface area contributed by atoms with Gasteiger partial charge in [0, 0.05) is 34.6 Å². The fourth-order valence-electron chi connectivity index (χ4n) is 3.40. The molecule has 2 unspecified atom stereocenters. The smallest absolute Gasteiger partial charge is 0.152 e. The van der Waals surface area contributed by atoms with Gasteiger partial charge in [0.15, 0.2) is 6.29 Å². The summed E-state index contributed by atoms with van der Waals surface area (Å²) in [5, 5.41) is 3.93. The molecule has 2 aliphatic rings. The maximum atomic E-state index is 11.1. The molecule has 2 aromatic rings. The number of nitrogens with one attached hydrogen (secondary N) is 1. The normalized spacial score (nSPS) is 20.9. The Morgan fingerprint density at radius 2 is 1.93 bits per heavy atom. The van der Waals surface area contributed by atoms with Crippen LogP contribution < -0.4 is 5.32 Å². The number of aldehydes is 1. The summed E-state index contributed by atoms with van der Waals surface area (Å²) in [6.45, 7) is 2.09. The van der Waals surface area contributed by atoms with Gasteiger partial charge in [0.1, 0.15) is 11.9 Å². The number of amidine groups is 1. The lowest BCUT2D eigenvalue weighted by Gasteiger charge is -2.29. The van der Waals surface area contributed by atoms with E-state index in [-0.39, 0.29) is 12.0 Å². The van der Waals surface area contributed by atoms with E-state index in [1.165, 1.54) is 11.8 Å². The third kappa shape index (κ3) is 3.24. The number of dihydropyridines is 1. The lowest BCUT2D eigenvalue weighted by molar-refractivity contribution is -0.104. The van der Waals surface area contributed by atoms with Crippen LogP contribution in [0.2, 0.25) is 0 Å². The van der Waals surface area contributed by atoms with Gasteiger partial charge in [-0.15, -0.1) is 0 Å². The van der Waals surface area contributed by atoms with Gasteiger partial charge in [-0.3, -0.25) is 9.79 Å². The van der Waals surface area contributed by atoms with Gasteiger partial charge in [-0.25, -0.2) is 4.99 Å². The summed E-state index contributed by atoms with van der Waals surface area (Å²) in [5.41, 5.74) is 4.86. The van der Waals surface area contributed by atoms with Crippen molar-refractivity contribution in [1.29, 1.82) is 0 Å². The molecule has 0 saturated carbocycles. The molecule has 0 aromatic heterocycles. The van der Waals surface area contributed by atoms with Crippen molar-refractivity contribution in [2.45, 2.75) is 13.0 Å². The van der Waals surface area contributed by atoms with E-state index < -0.39 is 0 Å². The van der Waals surface area contributed by atoms with Crippen LogP contribution in [0.3, 0.4) is 0 Å². The fraction of sp³-hybridized carbons (Fsp3) is 0.136. The molecule has 0 bridgehead atoms. The first-order valence-electron chi connectivity index (χ1n) is 8.73. The van der Waals surface area contributed by atoms with Crippen LogP contribution in [0.15, 0.2) is 81.4 Å². The Morgan fingerprint density at radius 1 is 1.11 bits per heavy atom. The molecule has 2 aromatic carbocycles. The molecule has 4 rings (SSSR count). The molecule has 4 nitrogen and oxygen atoms in total. The van der Waals surface area contributed by atoms with E-state index in [0.29, 0.717) is 10.6 Å². The summed E-state index contributed by atoms with van der Waals surface area (Å²) < 4.78 is 0. The number of carbonyl (C=O) groups excluding carboxylic acids is 1. The number of halogens is 1. The number of hydrogen-bond donors (Lipinski definition) is 1. The second-order valence-electron chi connectivity index (χ2n) is 6.49. The number of carbonyl (C=O) groups is 1. The van der Waals surface area contributed by atoms with Crippen LogP contribution >= 0.6 is 11.6 Å². The number of aliphatic imine (C=N–C) groups is 2. The first-order valence-corrected chi connectivity index (χ1v) is 9.11. The Morgan fingerprint density at radius 3 is 2.70 bits per heavy atom. The van der Waals surface area contributed by atoms with E-state index in [4.69, 9.17) is 11.6 Å². The highest BCUT2D eigenvalue weighted by atomic mass is 35.5. The van der Waals surface area contributed by atoms with E-state index in [2.05, 4.69) is 40.4 Å². The van der Waals surface area contributed by atoms with Crippen molar-refractivity contribution in [3.8, 4) is 11.1 Å². The average molecular weight is 376 g/mol. The highest BCUT2D eigenvalue weighted by Gasteiger charge is 2.32. The SMILES string of the molecule is Cc1c(NC2=NC=CC3C(Cl)=C(C=O)C=NC23)cccc1-c1ccccc1. The van der Waals surface area contributed by atoms with Crippen molar-refractivity contribution >= 4 is 35.6 Å². The molecule has 0 amide bonds. The fourth-order valence-corrected chi connectivity index (χ4v) is 3.69. The number of benzene rings is 2. The minimum atomic E-state index is -0.258. The van der Waals surface area contributed by atoms with Crippen molar-refractivity contribution in [2.75, 3.05) is 5.32 Å². The van der Waals surface area contributed by atoms with E-state index in [0.717, 1.165) is 28.9 Å². The standard InChI is InChI=1S/C22H18ClN3O/c1-14-17(15-6-3-2-4-7-15)8-5-9-19(14)26-22-21-18(10-11-24-22)20(23)16(13-27)12-25-21/h2-13,18,21H,1H3,(H,24,26). The lowest BCUT2D eigenvalue weighted by atomic mass is 9.92. The summed E-state index contributed by atoms with van der Waals surface area (Å²) in [5.74, 6) is 0.546. The first-order chi connectivity index (χ1) is 13.2. The van der Waals surface area contributed by atoms with Crippen molar-refractivity contribution in [3.63, 3.8) is 0 Å². The monoisotopic (exact) mass is 375 g/mol. The first kappa shape index (κ1) is 17.4. The van der Waals surface area contributed by atoms with Crippen LogP contribution in [0.25, 0.3) is 11.1 Å². The molecule has 5 heteroatoms. The molecule has 0 spiro atoms. The molecule has 27 heavy (non-hydrogen) atoms. The quantitative estimate of drug-likeness (QED) is 0.786. The third-order valence-corrected chi connectivity index (χ3v) is 5.35. The van der Waals surface area contributed by atoms with E-state index in [9.17, 15) is 4.79 Å². The second-order valence-corrected chi connectivity index (χ2v) is 6.90. The zero-order valence-corrected chi connectivity index (χ0v) is 15.5. The van der Waals surface area contributed by atoms with Gasteiger partial charge in [0.2, 0.25) is 0 Å². The molecular weight excluding hydrogens is 358 g/mol. The van der Waals surface area contributed by atoms with Crippen LogP contribution in [-0.2, 0) is 4.79 Å². The predicted molar refractivity (Wildman–Crippen MR) is 112 cm³/mol. The van der Waals surface area contributed by atoms with Gasteiger partial charge >= 0.3 is 0 Å². The topological polar surface area (TPSA) is 53.8 Å². The molecule has 0 radical (unpaired) electrons. The molecule has 134 valence electrons. The minimum Gasteiger partial charge on any atom is -0.342 e. The molecule has 0 aliphatic carbocycles. The zero-order valence-electron chi connectivity index (χ0n) is 14.8. The largest absolute Gasteiger partial charge is 0.342 e. The van der Waals surface area contributed by atoms with Gasteiger partial charge in [-0.05, 0) is 29.7 Å². The average Bonchev–Trinajstić information content (AvgIpc) is 2.71.